The van der Waals surface area contributed by atoms with Gasteiger partial charge in [-0.05, 0) is 42.7 Å². The molecule has 1 aliphatic rings. The lowest BCUT2D eigenvalue weighted by atomic mass is 10.0. The predicted octanol–water partition coefficient (Wildman–Crippen LogP) is 2.64. The standard InChI is InChI=1S/C20H20N6O2/c1-28-13-7-5-12(6-8-13)18-11-26(20(22)23-18)24-17-10-9-14-15(17)3-2-4-16(14)19(21)25-27/h2-8,11,27H,9-10H2,1H3,(H2,21,25)(H2,22,23)/b24-17+. The van der Waals surface area contributed by atoms with Gasteiger partial charge in [-0.2, -0.15) is 5.10 Å². The Morgan fingerprint density at radius 2 is 2.04 bits per heavy atom. The maximum absolute atomic E-state index is 9.06. The van der Waals surface area contributed by atoms with Crippen molar-refractivity contribution in [2.75, 3.05) is 12.8 Å². The molecule has 1 aliphatic carbocycles. The number of hydrogen-bond donors (Lipinski definition) is 4. The van der Waals surface area contributed by atoms with E-state index in [1.807, 2.05) is 41.9 Å². The minimum Gasteiger partial charge on any atom is -0.497 e. The number of anilines is 1. The van der Waals surface area contributed by atoms with Crippen LogP contribution in [0.15, 0.2) is 53.8 Å². The molecule has 0 aliphatic heterocycles. The molecule has 1 aromatic heterocycles. The number of nitrogens with zero attached hydrogens (tertiary/aromatic N) is 3. The summed E-state index contributed by atoms with van der Waals surface area (Å²) in [4.78, 5) is 4.41. The van der Waals surface area contributed by atoms with E-state index in [1.54, 1.807) is 24.0 Å². The number of nitrogens with two attached hydrogens (primary N) is 1. The van der Waals surface area contributed by atoms with Crippen LogP contribution in [-0.4, -0.2) is 33.5 Å². The van der Waals surface area contributed by atoms with Crippen LogP contribution in [0.5, 0.6) is 5.75 Å². The third kappa shape index (κ3) is 3.10. The maximum atomic E-state index is 9.06. The molecule has 28 heavy (non-hydrogen) atoms. The van der Waals surface area contributed by atoms with E-state index in [-0.39, 0.29) is 5.84 Å². The molecule has 2 aromatic carbocycles. The molecule has 8 heteroatoms. The molecule has 0 unspecified atom stereocenters. The summed E-state index contributed by atoms with van der Waals surface area (Å²) >= 11 is 0. The summed E-state index contributed by atoms with van der Waals surface area (Å²) in [6, 6.07) is 13.2. The van der Waals surface area contributed by atoms with Gasteiger partial charge >= 0.3 is 0 Å². The fourth-order valence-corrected chi connectivity index (χ4v) is 3.40. The van der Waals surface area contributed by atoms with Gasteiger partial charge < -0.3 is 10.5 Å². The van der Waals surface area contributed by atoms with Gasteiger partial charge in [-0.25, -0.2) is 9.66 Å². The lowest BCUT2D eigenvalue weighted by molar-refractivity contribution is 0.234. The van der Waals surface area contributed by atoms with Crippen LogP contribution in [0.2, 0.25) is 0 Å². The van der Waals surface area contributed by atoms with Crippen molar-refractivity contribution in [3.05, 3.63) is 65.4 Å². The van der Waals surface area contributed by atoms with Gasteiger partial charge in [-0.3, -0.25) is 16.1 Å². The number of amidine groups is 1. The van der Waals surface area contributed by atoms with Gasteiger partial charge in [0.2, 0.25) is 5.95 Å². The Morgan fingerprint density at radius 3 is 2.75 bits per heavy atom. The zero-order valence-electron chi connectivity index (χ0n) is 15.3. The number of methoxy groups -OCH3 is 1. The topological polar surface area (TPSA) is 122 Å². The number of nitrogen functional groups attached to an aromatic ring is 1. The molecular weight excluding hydrogens is 356 g/mol. The second-order valence-corrected chi connectivity index (χ2v) is 6.42. The van der Waals surface area contributed by atoms with Gasteiger partial charge in [0.05, 0.1) is 24.7 Å². The highest BCUT2D eigenvalue weighted by molar-refractivity contribution is 6.08. The first kappa shape index (κ1) is 17.7. The summed E-state index contributed by atoms with van der Waals surface area (Å²) in [6.07, 6.45) is 3.26. The highest BCUT2D eigenvalue weighted by atomic mass is 16.5. The molecule has 8 nitrogen and oxygen atoms in total. The maximum Gasteiger partial charge on any atom is 0.221 e. The lowest BCUT2D eigenvalue weighted by Crippen LogP contribution is -2.20. The molecule has 3 aromatic rings. The number of benzene rings is 2. The van der Waals surface area contributed by atoms with Crippen molar-refractivity contribution in [2.45, 2.75) is 12.8 Å². The fourth-order valence-electron chi connectivity index (χ4n) is 3.40. The Kier molecular flexibility index (Phi) is 4.54. The van der Waals surface area contributed by atoms with Gasteiger partial charge in [0.15, 0.2) is 0 Å². The van der Waals surface area contributed by atoms with Crippen LogP contribution >= 0.6 is 0 Å². The summed E-state index contributed by atoms with van der Waals surface area (Å²) in [5.41, 5.74) is 13.1. The summed E-state index contributed by atoms with van der Waals surface area (Å²) < 4.78 is 6.76. The van der Waals surface area contributed by atoms with Crippen LogP contribution in [0.1, 0.15) is 23.1 Å². The number of hydroxylamine groups is 1. The quantitative estimate of drug-likeness (QED) is 0.317. The normalized spacial score (nSPS) is 14.1. The van der Waals surface area contributed by atoms with E-state index < -0.39 is 0 Å². The largest absolute Gasteiger partial charge is 0.497 e. The monoisotopic (exact) mass is 376 g/mol. The third-order valence-electron chi connectivity index (χ3n) is 4.81. The number of rotatable bonds is 4. The van der Waals surface area contributed by atoms with E-state index in [4.69, 9.17) is 21.1 Å². The van der Waals surface area contributed by atoms with Gasteiger partial charge in [0, 0.05) is 16.7 Å². The van der Waals surface area contributed by atoms with Crippen molar-refractivity contribution in [1.29, 1.82) is 5.41 Å². The van der Waals surface area contributed by atoms with Crippen LogP contribution in [0.25, 0.3) is 11.3 Å². The van der Waals surface area contributed by atoms with Crippen LogP contribution in [0.3, 0.4) is 0 Å². The molecule has 142 valence electrons. The van der Waals surface area contributed by atoms with Crippen LogP contribution < -0.4 is 16.0 Å². The Hall–Kier alpha value is -3.65. The number of aromatic nitrogens is 2. The van der Waals surface area contributed by atoms with Crippen molar-refractivity contribution in [1.82, 2.24) is 15.1 Å². The Morgan fingerprint density at radius 1 is 1.25 bits per heavy atom. The van der Waals surface area contributed by atoms with Gasteiger partial charge in [-0.1, -0.05) is 18.2 Å². The summed E-state index contributed by atoms with van der Waals surface area (Å²) in [6.45, 7) is 0. The van der Waals surface area contributed by atoms with E-state index in [1.165, 1.54) is 0 Å². The summed E-state index contributed by atoms with van der Waals surface area (Å²) in [5.74, 6) is 1.05. The number of fused-ring (bicyclic) bond motifs is 1. The second kappa shape index (κ2) is 7.16. The van der Waals surface area contributed by atoms with E-state index in [2.05, 4.69) is 10.1 Å². The lowest BCUT2D eigenvalue weighted by Gasteiger charge is -2.08. The van der Waals surface area contributed by atoms with Crippen LogP contribution in [0.4, 0.5) is 5.95 Å². The molecule has 0 bridgehead atoms. The van der Waals surface area contributed by atoms with Crippen molar-refractivity contribution in [3.63, 3.8) is 0 Å². The fraction of sp³-hybridized carbons (Fsp3) is 0.150. The Bertz CT molecular complexity index is 1070. The summed E-state index contributed by atoms with van der Waals surface area (Å²) in [7, 11) is 1.63. The van der Waals surface area contributed by atoms with E-state index in [0.29, 0.717) is 11.5 Å². The molecule has 0 spiro atoms. The van der Waals surface area contributed by atoms with Gasteiger partial charge in [0.25, 0.3) is 0 Å². The highest BCUT2D eigenvalue weighted by Crippen LogP contribution is 2.27. The second-order valence-electron chi connectivity index (χ2n) is 6.42. The smallest absolute Gasteiger partial charge is 0.221 e. The zero-order valence-corrected chi connectivity index (χ0v) is 15.3. The highest BCUT2D eigenvalue weighted by Gasteiger charge is 2.22. The Balaban J connectivity index is 1.68. The van der Waals surface area contributed by atoms with Crippen molar-refractivity contribution < 1.29 is 9.94 Å². The first-order chi connectivity index (χ1) is 13.6. The van der Waals surface area contributed by atoms with Gasteiger partial charge in [0.1, 0.15) is 11.6 Å². The minimum atomic E-state index is -0.0259. The number of imidazole rings is 1. The molecule has 1 heterocycles. The molecule has 0 saturated carbocycles. The molecule has 0 saturated heterocycles. The van der Waals surface area contributed by atoms with Gasteiger partial charge in [-0.15, -0.1) is 0 Å². The van der Waals surface area contributed by atoms with Crippen LogP contribution in [0, 0.1) is 5.41 Å². The molecule has 0 atom stereocenters. The first-order valence-electron chi connectivity index (χ1n) is 8.79. The third-order valence-corrected chi connectivity index (χ3v) is 4.81. The SMILES string of the molecule is COc1ccc(-c2cn(/N=C3\CCc4c(C(=N)NO)cccc43)c(N)n2)cc1. The molecule has 0 radical (unpaired) electrons. The van der Waals surface area contributed by atoms with E-state index in [9.17, 15) is 0 Å². The zero-order chi connectivity index (χ0) is 19.7. The van der Waals surface area contributed by atoms with Crippen molar-refractivity contribution >= 4 is 17.5 Å². The summed E-state index contributed by atoms with van der Waals surface area (Å²) in [5, 5.41) is 21.6. The van der Waals surface area contributed by atoms with Crippen molar-refractivity contribution in [2.24, 2.45) is 5.10 Å². The average molecular weight is 376 g/mol. The Labute approximate surface area is 161 Å². The van der Waals surface area contributed by atoms with E-state index in [0.717, 1.165) is 46.7 Å². The number of ether oxygens (including phenoxy) is 1. The molecule has 0 amide bonds. The molecule has 4 rings (SSSR count). The minimum absolute atomic E-state index is 0.0259. The molecule has 5 N–H and O–H groups in total. The number of nitrogens with one attached hydrogen (secondary N) is 2. The predicted molar refractivity (Wildman–Crippen MR) is 107 cm³/mol. The van der Waals surface area contributed by atoms with Crippen LogP contribution in [-0.2, 0) is 6.42 Å². The van der Waals surface area contributed by atoms with Crippen molar-refractivity contribution in [3.8, 4) is 17.0 Å². The average Bonchev–Trinajstić information content (AvgIpc) is 3.31. The molecule has 0 fully saturated rings. The number of hydrogen-bond acceptors (Lipinski definition) is 6. The van der Waals surface area contributed by atoms with E-state index >= 15 is 0 Å². The molecular formula is C20H20N6O2. The first-order valence-corrected chi connectivity index (χ1v) is 8.79.